The van der Waals surface area contributed by atoms with E-state index in [1.54, 1.807) is 10.8 Å². The van der Waals surface area contributed by atoms with E-state index in [1.807, 2.05) is 0 Å². The zero-order chi connectivity index (χ0) is 18.6. The molecular formula is C16H18ClN3O5. The molecule has 25 heavy (non-hydrogen) atoms. The van der Waals surface area contributed by atoms with E-state index >= 15 is 0 Å². The summed E-state index contributed by atoms with van der Waals surface area (Å²) in [6.45, 7) is -0.131. The highest BCUT2D eigenvalue weighted by Crippen LogP contribution is 2.38. The monoisotopic (exact) mass is 367 g/mol. The van der Waals surface area contributed by atoms with E-state index in [2.05, 4.69) is 15.9 Å². The predicted octanol–water partition coefficient (Wildman–Crippen LogP) is 1.01. The van der Waals surface area contributed by atoms with Crippen LogP contribution in [0.25, 0.3) is 11.0 Å². The number of fused-ring (bicyclic) bond motifs is 1. The fourth-order valence-corrected chi connectivity index (χ4v) is 3.01. The SMILES string of the molecule is C#C[C@H]1C[C@@H](CO)OC1n1cc(C(=O)OC)c2c(Cl)ncnc21.CO. The van der Waals surface area contributed by atoms with Crippen molar-refractivity contribution in [3.63, 3.8) is 0 Å². The highest BCUT2D eigenvalue weighted by molar-refractivity contribution is 6.35. The molecule has 0 radical (unpaired) electrons. The summed E-state index contributed by atoms with van der Waals surface area (Å²) in [7, 11) is 2.28. The van der Waals surface area contributed by atoms with Crippen LogP contribution >= 0.6 is 11.6 Å². The number of carbonyl (C=O) groups excluding carboxylic acids is 1. The van der Waals surface area contributed by atoms with Gasteiger partial charge in [-0.2, -0.15) is 0 Å². The molecule has 8 nitrogen and oxygen atoms in total. The molecule has 3 rings (SSSR count). The van der Waals surface area contributed by atoms with Gasteiger partial charge in [-0.1, -0.05) is 17.5 Å². The molecule has 9 heteroatoms. The van der Waals surface area contributed by atoms with Crippen LogP contribution in [0.2, 0.25) is 5.15 Å². The number of nitrogens with zero attached hydrogens (tertiary/aromatic N) is 3. The van der Waals surface area contributed by atoms with Gasteiger partial charge in [-0.25, -0.2) is 14.8 Å². The summed E-state index contributed by atoms with van der Waals surface area (Å²) >= 11 is 6.12. The summed E-state index contributed by atoms with van der Waals surface area (Å²) in [5, 5.41) is 16.8. The molecule has 0 spiro atoms. The van der Waals surface area contributed by atoms with Crippen LogP contribution in [0.1, 0.15) is 23.0 Å². The zero-order valence-electron chi connectivity index (χ0n) is 13.7. The normalized spacial score (nSPS) is 22.2. The molecule has 0 amide bonds. The highest BCUT2D eigenvalue weighted by Gasteiger charge is 2.37. The van der Waals surface area contributed by atoms with Crippen molar-refractivity contribution in [1.82, 2.24) is 14.5 Å². The number of aliphatic hydroxyl groups excluding tert-OH is 2. The van der Waals surface area contributed by atoms with Gasteiger partial charge < -0.3 is 24.3 Å². The smallest absolute Gasteiger partial charge is 0.340 e. The molecular weight excluding hydrogens is 350 g/mol. The maximum Gasteiger partial charge on any atom is 0.340 e. The number of hydrogen-bond acceptors (Lipinski definition) is 7. The zero-order valence-corrected chi connectivity index (χ0v) is 14.5. The van der Waals surface area contributed by atoms with Gasteiger partial charge in [0.15, 0.2) is 0 Å². The Labute approximate surface area is 149 Å². The third kappa shape index (κ3) is 3.45. The number of aromatic nitrogens is 3. The number of hydrogen-bond donors (Lipinski definition) is 2. The summed E-state index contributed by atoms with van der Waals surface area (Å²) in [5.74, 6) is 1.84. The fourth-order valence-electron chi connectivity index (χ4n) is 2.78. The van der Waals surface area contributed by atoms with Crippen molar-refractivity contribution >= 4 is 28.6 Å². The van der Waals surface area contributed by atoms with E-state index < -0.39 is 12.2 Å². The summed E-state index contributed by atoms with van der Waals surface area (Å²) in [6, 6.07) is 0. The lowest BCUT2D eigenvalue weighted by Gasteiger charge is -2.17. The van der Waals surface area contributed by atoms with Crippen molar-refractivity contribution in [2.24, 2.45) is 5.92 Å². The topological polar surface area (TPSA) is 107 Å². The number of methoxy groups -OCH3 is 1. The minimum atomic E-state index is -0.556. The molecule has 1 aliphatic rings. The van der Waals surface area contributed by atoms with Gasteiger partial charge in [0.2, 0.25) is 0 Å². The predicted molar refractivity (Wildman–Crippen MR) is 90.0 cm³/mol. The number of terminal acetylenes is 1. The van der Waals surface area contributed by atoms with E-state index in [0.717, 1.165) is 7.11 Å². The molecule has 3 atom stereocenters. The lowest BCUT2D eigenvalue weighted by atomic mass is 10.0. The number of ether oxygens (including phenoxy) is 2. The number of carbonyl (C=O) groups is 1. The number of rotatable bonds is 3. The van der Waals surface area contributed by atoms with E-state index in [1.165, 1.54) is 13.4 Å². The first-order valence-corrected chi connectivity index (χ1v) is 7.75. The average molecular weight is 368 g/mol. The standard InChI is InChI=1S/C15H14ClN3O4.CH4O/c1-3-8-4-9(6-20)23-14(8)19-5-10(15(21)22-2)11-12(16)17-7-18-13(11)19;1-2/h1,5,7-9,14,20H,4,6H2,2H3;2H,1H3/t8-,9-,14?;/m0./s1. The van der Waals surface area contributed by atoms with Gasteiger partial charge in [0.25, 0.3) is 0 Å². The summed E-state index contributed by atoms with van der Waals surface area (Å²) in [6.07, 6.45) is 8.02. The minimum absolute atomic E-state index is 0.131. The van der Waals surface area contributed by atoms with Crippen LogP contribution in [0.15, 0.2) is 12.5 Å². The third-order valence-corrected chi connectivity index (χ3v) is 4.14. The molecule has 0 aromatic carbocycles. The quantitative estimate of drug-likeness (QED) is 0.473. The van der Waals surface area contributed by atoms with Crippen LogP contribution in [-0.4, -0.2) is 57.6 Å². The second kappa shape index (κ2) is 8.27. The third-order valence-electron chi connectivity index (χ3n) is 3.85. The Bertz CT molecular complexity index is 801. The Kier molecular flexibility index (Phi) is 6.33. The second-order valence-corrected chi connectivity index (χ2v) is 5.50. The Morgan fingerprint density at radius 3 is 2.88 bits per heavy atom. The maximum absolute atomic E-state index is 12.0. The van der Waals surface area contributed by atoms with Crippen LogP contribution in [0.5, 0.6) is 0 Å². The molecule has 1 fully saturated rings. The molecule has 2 N–H and O–H groups in total. The Morgan fingerprint density at radius 1 is 1.56 bits per heavy atom. The Balaban J connectivity index is 0.00000109. The van der Waals surface area contributed by atoms with Crippen LogP contribution in [0.3, 0.4) is 0 Å². The van der Waals surface area contributed by atoms with Gasteiger partial charge in [-0.05, 0) is 6.42 Å². The van der Waals surface area contributed by atoms with Gasteiger partial charge in [-0.15, -0.1) is 6.42 Å². The second-order valence-electron chi connectivity index (χ2n) is 5.14. The summed E-state index contributed by atoms with van der Waals surface area (Å²) in [4.78, 5) is 20.1. The molecule has 1 saturated heterocycles. The summed E-state index contributed by atoms with van der Waals surface area (Å²) < 4.78 is 12.2. The van der Waals surface area contributed by atoms with Gasteiger partial charge in [-0.3, -0.25) is 0 Å². The van der Waals surface area contributed by atoms with E-state index in [9.17, 15) is 9.90 Å². The Morgan fingerprint density at radius 2 is 2.28 bits per heavy atom. The van der Waals surface area contributed by atoms with Crippen LogP contribution in [0.4, 0.5) is 0 Å². The minimum Gasteiger partial charge on any atom is -0.465 e. The first kappa shape index (κ1) is 19.1. The summed E-state index contributed by atoms with van der Waals surface area (Å²) in [5.41, 5.74) is 0.661. The molecule has 0 aliphatic carbocycles. The molecule has 2 aromatic rings. The van der Waals surface area contributed by atoms with E-state index in [4.69, 9.17) is 32.6 Å². The molecule has 1 unspecified atom stereocenters. The highest BCUT2D eigenvalue weighted by atomic mass is 35.5. The molecule has 2 aromatic heterocycles. The molecule has 0 saturated carbocycles. The van der Waals surface area contributed by atoms with Gasteiger partial charge in [0, 0.05) is 13.3 Å². The molecule has 134 valence electrons. The van der Waals surface area contributed by atoms with Crippen LogP contribution < -0.4 is 0 Å². The lowest BCUT2D eigenvalue weighted by Crippen LogP contribution is -2.16. The fraction of sp³-hybridized carbons (Fsp3) is 0.438. The van der Waals surface area contributed by atoms with Crippen molar-refractivity contribution in [3.05, 3.63) is 23.2 Å². The Hall–Kier alpha value is -2.18. The van der Waals surface area contributed by atoms with Crippen molar-refractivity contribution in [3.8, 4) is 12.3 Å². The van der Waals surface area contributed by atoms with Crippen molar-refractivity contribution < 1.29 is 24.5 Å². The van der Waals surface area contributed by atoms with Crippen LogP contribution in [0, 0.1) is 18.3 Å². The van der Waals surface area contributed by atoms with Crippen molar-refractivity contribution in [2.75, 3.05) is 20.8 Å². The first-order chi connectivity index (χ1) is 12.1. The number of halogens is 1. The first-order valence-electron chi connectivity index (χ1n) is 7.37. The number of esters is 1. The molecule has 1 aliphatic heterocycles. The van der Waals surface area contributed by atoms with Crippen molar-refractivity contribution in [2.45, 2.75) is 18.8 Å². The van der Waals surface area contributed by atoms with Gasteiger partial charge in [0.05, 0.1) is 36.7 Å². The van der Waals surface area contributed by atoms with Gasteiger partial charge >= 0.3 is 5.97 Å². The van der Waals surface area contributed by atoms with Crippen molar-refractivity contribution in [1.29, 1.82) is 0 Å². The maximum atomic E-state index is 12.0. The molecule has 0 bridgehead atoms. The largest absolute Gasteiger partial charge is 0.465 e. The van der Waals surface area contributed by atoms with Crippen LogP contribution in [-0.2, 0) is 9.47 Å². The number of aliphatic hydroxyl groups is 2. The lowest BCUT2D eigenvalue weighted by molar-refractivity contribution is -0.0260. The van der Waals surface area contributed by atoms with Gasteiger partial charge in [0.1, 0.15) is 23.4 Å². The average Bonchev–Trinajstić information content (AvgIpc) is 3.24. The van der Waals surface area contributed by atoms with E-state index in [0.29, 0.717) is 17.5 Å². The molecule has 3 heterocycles. The van der Waals surface area contributed by atoms with E-state index in [-0.39, 0.29) is 29.3 Å².